The van der Waals surface area contributed by atoms with Crippen molar-refractivity contribution in [2.24, 2.45) is 0 Å². The van der Waals surface area contributed by atoms with Crippen molar-refractivity contribution in [2.45, 2.75) is 0 Å². The van der Waals surface area contributed by atoms with Crippen LogP contribution < -0.4 is 10.1 Å². The molecule has 0 aliphatic heterocycles. The lowest BCUT2D eigenvalue weighted by Gasteiger charge is -2.10. The van der Waals surface area contributed by atoms with Gasteiger partial charge in [0.25, 0.3) is 0 Å². The Kier molecular flexibility index (Phi) is 3.05. The molecule has 0 unspecified atom stereocenters. The summed E-state index contributed by atoms with van der Waals surface area (Å²) < 4.78 is 18.2. The molecule has 0 aromatic heterocycles. The first-order valence-electron chi connectivity index (χ1n) is 4.95. The first-order chi connectivity index (χ1) is 7.79. The Hall–Kier alpha value is -2.03. The van der Waals surface area contributed by atoms with E-state index in [1.54, 1.807) is 13.2 Å². The third-order valence-corrected chi connectivity index (χ3v) is 2.21. The number of hydrogen-bond acceptors (Lipinski definition) is 2. The summed E-state index contributed by atoms with van der Waals surface area (Å²) in [6.45, 7) is 0. The highest BCUT2D eigenvalue weighted by Crippen LogP contribution is 2.27. The van der Waals surface area contributed by atoms with Gasteiger partial charge in [0.2, 0.25) is 0 Å². The summed E-state index contributed by atoms with van der Waals surface area (Å²) in [6.07, 6.45) is 0. The molecule has 0 amide bonds. The third-order valence-electron chi connectivity index (χ3n) is 2.21. The Balaban J connectivity index is 2.30. The van der Waals surface area contributed by atoms with E-state index in [0.29, 0.717) is 11.4 Å². The predicted octanol–water partition coefficient (Wildman–Crippen LogP) is 3.58. The van der Waals surface area contributed by atoms with E-state index >= 15 is 0 Å². The van der Waals surface area contributed by atoms with Gasteiger partial charge >= 0.3 is 0 Å². The average molecular weight is 217 g/mol. The minimum Gasteiger partial charge on any atom is -0.495 e. The van der Waals surface area contributed by atoms with Crippen LogP contribution in [0.4, 0.5) is 15.8 Å². The fraction of sp³-hybridized carbons (Fsp3) is 0.0769. The van der Waals surface area contributed by atoms with Crippen LogP contribution in [0.5, 0.6) is 5.75 Å². The van der Waals surface area contributed by atoms with Crippen LogP contribution in [0.15, 0.2) is 48.5 Å². The van der Waals surface area contributed by atoms with Crippen molar-refractivity contribution in [3.63, 3.8) is 0 Å². The summed E-state index contributed by atoms with van der Waals surface area (Å²) >= 11 is 0. The molecule has 0 aliphatic carbocycles. The van der Waals surface area contributed by atoms with E-state index in [0.717, 1.165) is 5.69 Å². The molecular weight excluding hydrogens is 205 g/mol. The van der Waals surface area contributed by atoms with E-state index in [2.05, 4.69) is 5.32 Å². The molecule has 0 bridgehead atoms. The molecule has 2 aromatic rings. The second-order valence-corrected chi connectivity index (χ2v) is 3.34. The minimum absolute atomic E-state index is 0.292. The molecule has 0 atom stereocenters. The SMILES string of the molecule is COc1ccc(F)cc1Nc1ccccc1. The number of rotatable bonds is 3. The van der Waals surface area contributed by atoms with E-state index in [1.165, 1.54) is 12.1 Å². The Morgan fingerprint density at radius 2 is 1.81 bits per heavy atom. The second-order valence-electron chi connectivity index (χ2n) is 3.34. The lowest BCUT2D eigenvalue weighted by Crippen LogP contribution is -1.95. The zero-order chi connectivity index (χ0) is 11.4. The van der Waals surface area contributed by atoms with Crippen molar-refractivity contribution in [3.8, 4) is 5.75 Å². The van der Waals surface area contributed by atoms with Crippen LogP contribution in [0.25, 0.3) is 0 Å². The molecule has 0 spiro atoms. The lowest BCUT2D eigenvalue weighted by molar-refractivity contribution is 0.416. The molecule has 0 saturated heterocycles. The molecule has 3 heteroatoms. The molecule has 82 valence electrons. The van der Waals surface area contributed by atoms with Gasteiger partial charge in [-0.2, -0.15) is 0 Å². The summed E-state index contributed by atoms with van der Waals surface area (Å²) in [5.41, 5.74) is 1.51. The molecule has 16 heavy (non-hydrogen) atoms. The van der Waals surface area contributed by atoms with Gasteiger partial charge in [0.1, 0.15) is 11.6 Å². The van der Waals surface area contributed by atoms with E-state index < -0.39 is 0 Å². The first kappa shape index (κ1) is 10.5. The van der Waals surface area contributed by atoms with Gasteiger partial charge in [-0.3, -0.25) is 0 Å². The first-order valence-corrected chi connectivity index (χ1v) is 4.95. The van der Waals surface area contributed by atoms with Gasteiger partial charge in [0.05, 0.1) is 12.8 Å². The predicted molar refractivity (Wildman–Crippen MR) is 62.7 cm³/mol. The largest absolute Gasteiger partial charge is 0.495 e. The molecule has 2 rings (SSSR count). The van der Waals surface area contributed by atoms with Crippen LogP contribution in [0, 0.1) is 5.82 Å². The zero-order valence-corrected chi connectivity index (χ0v) is 8.91. The zero-order valence-electron chi connectivity index (χ0n) is 8.91. The minimum atomic E-state index is -0.292. The van der Waals surface area contributed by atoms with Crippen LogP contribution in [0.1, 0.15) is 0 Å². The molecule has 0 fully saturated rings. The number of methoxy groups -OCH3 is 1. The molecule has 0 heterocycles. The van der Waals surface area contributed by atoms with Gasteiger partial charge in [-0.05, 0) is 24.3 Å². The number of hydrogen-bond donors (Lipinski definition) is 1. The van der Waals surface area contributed by atoms with Gasteiger partial charge < -0.3 is 10.1 Å². The van der Waals surface area contributed by atoms with Crippen molar-refractivity contribution >= 4 is 11.4 Å². The number of para-hydroxylation sites is 1. The normalized spacial score (nSPS) is 9.88. The third kappa shape index (κ3) is 2.31. The number of ether oxygens (including phenoxy) is 1. The Morgan fingerprint density at radius 1 is 1.06 bits per heavy atom. The van der Waals surface area contributed by atoms with Gasteiger partial charge in [-0.25, -0.2) is 4.39 Å². The molecule has 0 aliphatic rings. The van der Waals surface area contributed by atoms with Crippen molar-refractivity contribution in [2.75, 3.05) is 12.4 Å². The fourth-order valence-corrected chi connectivity index (χ4v) is 1.45. The van der Waals surface area contributed by atoms with Gasteiger partial charge in [0.15, 0.2) is 0 Å². The fourth-order valence-electron chi connectivity index (χ4n) is 1.45. The Morgan fingerprint density at radius 3 is 2.50 bits per heavy atom. The quantitative estimate of drug-likeness (QED) is 0.848. The van der Waals surface area contributed by atoms with Crippen LogP contribution in [-0.2, 0) is 0 Å². The van der Waals surface area contributed by atoms with E-state index in [9.17, 15) is 4.39 Å². The van der Waals surface area contributed by atoms with Crippen LogP contribution in [0.3, 0.4) is 0 Å². The highest BCUT2D eigenvalue weighted by atomic mass is 19.1. The standard InChI is InChI=1S/C13H12FNO/c1-16-13-8-7-10(14)9-12(13)15-11-5-3-2-4-6-11/h2-9,15H,1H3. The lowest BCUT2D eigenvalue weighted by atomic mass is 10.2. The Labute approximate surface area is 93.7 Å². The van der Waals surface area contributed by atoms with E-state index in [4.69, 9.17) is 4.74 Å². The van der Waals surface area contributed by atoms with Crippen molar-refractivity contribution in [1.82, 2.24) is 0 Å². The van der Waals surface area contributed by atoms with Crippen LogP contribution in [-0.4, -0.2) is 7.11 Å². The maximum absolute atomic E-state index is 13.1. The summed E-state index contributed by atoms with van der Waals surface area (Å²) in [5, 5.41) is 3.10. The molecule has 0 saturated carbocycles. The van der Waals surface area contributed by atoms with Gasteiger partial charge in [-0.15, -0.1) is 0 Å². The smallest absolute Gasteiger partial charge is 0.142 e. The Bertz CT molecular complexity index is 471. The molecular formula is C13H12FNO. The maximum atomic E-state index is 13.1. The summed E-state index contributed by atoms with van der Waals surface area (Å²) in [6, 6.07) is 13.9. The number of nitrogens with one attached hydrogen (secondary N) is 1. The monoisotopic (exact) mass is 217 g/mol. The molecule has 1 N–H and O–H groups in total. The topological polar surface area (TPSA) is 21.3 Å². The van der Waals surface area contributed by atoms with Gasteiger partial charge in [-0.1, -0.05) is 18.2 Å². The molecule has 2 aromatic carbocycles. The van der Waals surface area contributed by atoms with E-state index in [-0.39, 0.29) is 5.82 Å². The van der Waals surface area contributed by atoms with Gasteiger partial charge in [0, 0.05) is 11.8 Å². The summed E-state index contributed by atoms with van der Waals surface area (Å²) in [7, 11) is 1.56. The molecule has 0 radical (unpaired) electrons. The number of anilines is 2. The van der Waals surface area contributed by atoms with Crippen molar-refractivity contribution < 1.29 is 9.13 Å². The van der Waals surface area contributed by atoms with Crippen molar-refractivity contribution in [1.29, 1.82) is 0 Å². The highest BCUT2D eigenvalue weighted by Gasteiger charge is 2.04. The van der Waals surface area contributed by atoms with Crippen LogP contribution in [0.2, 0.25) is 0 Å². The average Bonchev–Trinajstić information content (AvgIpc) is 2.31. The number of benzene rings is 2. The molecule has 2 nitrogen and oxygen atoms in total. The number of halogens is 1. The van der Waals surface area contributed by atoms with Crippen LogP contribution >= 0.6 is 0 Å². The summed E-state index contributed by atoms with van der Waals surface area (Å²) in [5.74, 6) is 0.324. The maximum Gasteiger partial charge on any atom is 0.142 e. The summed E-state index contributed by atoms with van der Waals surface area (Å²) in [4.78, 5) is 0. The van der Waals surface area contributed by atoms with Crippen molar-refractivity contribution in [3.05, 3.63) is 54.3 Å². The van der Waals surface area contributed by atoms with E-state index in [1.807, 2.05) is 30.3 Å². The second kappa shape index (κ2) is 4.66. The highest BCUT2D eigenvalue weighted by molar-refractivity contribution is 5.66.